The number of carboxylic acids is 3. The highest BCUT2D eigenvalue weighted by atomic mass is 16.4. The highest BCUT2D eigenvalue weighted by Gasteiger charge is 2.34. The fourth-order valence-electron chi connectivity index (χ4n) is 3.73. The van der Waals surface area contributed by atoms with E-state index in [9.17, 15) is 43.8 Å². The fraction of sp³-hybridized carbons (Fsp3) is 0.680. The Morgan fingerprint density at radius 2 is 1.21 bits per heavy atom. The van der Waals surface area contributed by atoms with Gasteiger partial charge < -0.3 is 53.8 Å². The molecule has 0 heterocycles. The van der Waals surface area contributed by atoms with Gasteiger partial charge in [0.25, 0.3) is 0 Å². The average molecular weight is 617 g/mol. The summed E-state index contributed by atoms with van der Waals surface area (Å²) in [5, 5.41) is 37.0. The highest BCUT2D eigenvalue weighted by Crippen LogP contribution is 2.10. The molecular formula is C25H44N8O10. The van der Waals surface area contributed by atoms with Crippen molar-refractivity contribution in [1.29, 1.82) is 0 Å². The predicted octanol–water partition coefficient (Wildman–Crippen LogP) is -2.96. The van der Waals surface area contributed by atoms with Gasteiger partial charge in [-0.05, 0) is 31.1 Å². The molecule has 0 fully saturated rings. The van der Waals surface area contributed by atoms with Gasteiger partial charge in [0.1, 0.15) is 24.2 Å². The molecule has 0 rings (SSSR count). The van der Waals surface area contributed by atoms with Crippen LogP contribution in [-0.2, 0) is 33.6 Å². The summed E-state index contributed by atoms with van der Waals surface area (Å²) < 4.78 is 0. The summed E-state index contributed by atoms with van der Waals surface area (Å²) >= 11 is 0. The number of carbonyl (C=O) groups is 7. The van der Waals surface area contributed by atoms with Crippen LogP contribution in [0.4, 0.5) is 0 Å². The second kappa shape index (κ2) is 18.9. The van der Waals surface area contributed by atoms with Crippen LogP contribution >= 0.6 is 0 Å². The van der Waals surface area contributed by atoms with E-state index in [1.54, 1.807) is 27.7 Å². The van der Waals surface area contributed by atoms with E-state index in [-0.39, 0.29) is 37.7 Å². The van der Waals surface area contributed by atoms with Gasteiger partial charge in [-0.1, -0.05) is 27.7 Å². The van der Waals surface area contributed by atoms with Gasteiger partial charge in [-0.25, -0.2) is 4.79 Å². The van der Waals surface area contributed by atoms with Crippen molar-refractivity contribution >= 4 is 47.5 Å². The number of hydrogen-bond donors (Lipinski definition) is 10. The molecule has 0 aromatic heterocycles. The van der Waals surface area contributed by atoms with Gasteiger partial charge in [-0.2, -0.15) is 0 Å². The third kappa shape index (κ3) is 15.9. The molecule has 0 spiro atoms. The summed E-state index contributed by atoms with van der Waals surface area (Å²) in [6.45, 7) is 6.73. The van der Waals surface area contributed by atoms with Crippen LogP contribution in [0.25, 0.3) is 0 Å². The van der Waals surface area contributed by atoms with Crippen molar-refractivity contribution in [3.05, 3.63) is 0 Å². The van der Waals surface area contributed by atoms with Crippen molar-refractivity contribution in [2.75, 3.05) is 6.54 Å². The van der Waals surface area contributed by atoms with E-state index in [0.717, 1.165) is 0 Å². The molecule has 0 saturated carbocycles. The molecule has 5 atom stereocenters. The lowest BCUT2D eigenvalue weighted by atomic mass is 9.99. The molecule has 43 heavy (non-hydrogen) atoms. The zero-order valence-corrected chi connectivity index (χ0v) is 24.7. The zero-order valence-electron chi connectivity index (χ0n) is 24.7. The Morgan fingerprint density at radius 1 is 0.698 bits per heavy atom. The number of aliphatic carboxylic acids is 3. The second-order valence-corrected chi connectivity index (χ2v) is 10.6. The van der Waals surface area contributed by atoms with Gasteiger partial charge in [-0.15, -0.1) is 0 Å². The fourth-order valence-corrected chi connectivity index (χ4v) is 3.73. The van der Waals surface area contributed by atoms with E-state index < -0.39 is 90.5 Å². The summed E-state index contributed by atoms with van der Waals surface area (Å²) in [7, 11) is 0. The van der Waals surface area contributed by atoms with E-state index in [1.807, 2.05) is 0 Å². The Kier molecular flexibility index (Phi) is 16.9. The molecule has 18 heteroatoms. The molecule has 244 valence electrons. The lowest BCUT2D eigenvalue weighted by Gasteiger charge is -2.28. The lowest BCUT2D eigenvalue weighted by Crippen LogP contribution is -2.60. The number of nitrogens with one attached hydrogen (secondary N) is 4. The van der Waals surface area contributed by atoms with E-state index in [0.29, 0.717) is 0 Å². The number of carboxylic acid groups (broad SMARTS) is 3. The van der Waals surface area contributed by atoms with Gasteiger partial charge in [0, 0.05) is 6.54 Å². The Labute approximate surface area is 248 Å². The van der Waals surface area contributed by atoms with Crippen LogP contribution in [0.1, 0.15) is 59.8 Å². The largest absolute Gasteiger partial charge is 0.481 e. The molecule has 0 bridgehead atoms. The van der Waals surface area contributed by atoms with Gasteiger partial charge in [0.2, 0.25) is 23.6 Å². The van der Waals surface area contributed by atoms with Crippen LogP contribution in [0.3, 0.4) is 0 Å². The number of nitrogens with two attached hydrogens (primary N) is 3. The van der Waals surface area contributed by atoms with Crippen LogP contribution in [0.15, 0.2) is 4.99 Å². The molecule has 0 aliphatic carbocycles. The molecule has 18 nitrogen and oxygen atoms in total. The number of aliphatic imine (C=N–C) groups is 1. The lowest BCUT2D eigenvalue weighted by molar-refractivity contribution is -0.144. The standard InChI is InChI=1S/C25H44N8O10/c1-11(2)8-15(31-20(38)13(26)9-17(34)35)22(40)33-19(12(3)4)23(41)32-16(10-18(36)37)21(39)30-14(24(42)43)6-5-7-29-25(27)28/h11-16,19H,5-10,26H2,1-4H3,(H,30,39)(H,31,38)(H,32,41)(H,33,40)(H,34,35)(H,36,37)(H,42,43)(H4,27,28,29)/t13-,14-,15-,16-,19-/m0/s1. The maximum atomic E-state index is 13.2. The van der Waals surface area contributed by atoms with Crippen LogP contribution in [0.2, 0.25) is 0 Å². The molecule has 0 aromatic carbocycles. The summed E-state index contributed by atoms with van der Waals surface area (Å²) in [5.41, 5.74) is 16.0. The van der Waals surface area contributed by atoms with Crippen LogP contribution in [0.5, 0.6) is 0 Å². The number of guanidine groups is 1. The Bertz CT molecular complexity index is 1050. The third-order valence-electron chi connectivity index (χ3n) is 5.89. The van der Waals surface area contributed by atoms with Gasteiger partial charge in [-0.3, -0.25) is 33.8 Å². The van der Waals surface area contributed by atoms with Crippen LogP contribution < -0.4 is 38.5 Å². The Balaban J connectivity index is 5.76. The van der Waals surface area contributed by atoms with E-state index >= 15 is 0 Å². The van der Waals surface area contributed by atoms with Crippen molar-refractivity contribution in [2.24, 2.45) is 34.0 Å². The molecule has 0 aromatic rings. The summed E-state index contributed by atoms with van der Waals surface area (Å²) in [6, 6.07) is -7.09. The van der Waals surface area contributed by atoms with Crippen molar-refractivity contribution in [1.82, 2.24) is 21.3 Å². The van der Waals surface area contributed by atoms with E-state index in [2.05, 4.69) is 26.3 Å². The van der Waals surface area contributed by atoms with E-state index in [4.69, 9.17) is 22.3 Å². The summed E-state index contributed by atoms with van der Waals surface area (Å²) in [6.07, 6.45) is -1.40. The first-order chi connectivity index (χ1) is 19.8. The molecule has 0 radical (unpaired) electrons. The zero-order chi connectivity index (χ0) is 33.4. The third-order valence-corrected chi connectivity index (χ3v) is 5.89. The summed E-state index contributed by atoms with van der Waals surface area (Å²) in [4.78, 5) is 89.3. The first-order valence-electron chi connectivity index (χ1n) is 13.5. The highest BCUT2D eigenvalue weighted by molar-refractivity contribution is 5.97. The molecule has 0 aliphatic rings. The number of nitrogens with zero attached hydrogens (tertiary/aromatic N) is 1. The quantitative estimate of drug-likeness (QED) is 0.0372. The van der Waals surface area contributed by atoms with Crippen molar-refractivity contribution in [3.8, 4) is 0 Å². The monoisotopic (exact) mass is 616 g/mol. The van der Waals surface area contributed by atoms with Crippen molar-refractivity contribution in [3.63, 3.8) is 0 Å². The maximum Gasteiger partial charge on any atom is 0.326 e. The number of hydrogen-bond acceptors (Lipinski definition) is 9. The van der Waals surface area contributed by atoms with Crippen molar-refractivity contribution in [2.45, 2.75) is 90.0 Å². The van der Waals surface area contributed by atoms with Crippen LogP contribution in [0, 0.1) is 11.8 Å². The number of carbonyl (C=O) groups excluding carboxylic acids is 4. The number of rotatable bonds is 20. The molecule has 13 N–H and O–H groups in total. The first-order valence-corrected chi connectivity index (χ1v) is 13.5. The van der Waals surface area contributed by atoms with E-state index in [1.165, 1.54) is 0 Å². The second-order valence-electron chi connectivity index (χ2n) is 10.6. The van der Waals surface area contributed by atoms with Gasteiger partial charge in [0.15, 0.2) is 5.96 Å². The molecular weight excluding hydrogens is 572 g/mol. The first kappa shape index (κ1) is 38.5. The average Bonchev–Trinajstić information content (AvgIpc) is 2.86. The van der Waals surface area contributed by atoms with Crippen LogP contribution in [-0.4, -0.2) is 99.6 Å². The smallest absolute Gasteiger partial charge is 0.326 e. The normalized spacial score (nSPS) is 14.4. The number of amides is 4. The molecule has 0 unspecified atom stereocenters. The van der Waals surface area contributed by atoms with Gasteiger partial charge in [0.05, 0.1) is 18.9 Å². The minimum atomic E-state index is -1.71. The topological polar surface area (TPSA) is 319 Å². The molecule has 0 aliphatic heterocycles. The minimum absolute atomic E-state index is 0.0802. The van der Waals surface area contributed by atoms with Crippen molar-refractivity contribution < 1.29 is 48.9 Å². The maximum absolute atomic E-state index is 13.2. The minimum Gasteiger partial charge on any atom is -0.481 e. The SMILES string of the molecule is CC(C)C[C@H](NC(=O)[C@@H](N)CC(=O)O)C(=O)N[C@H](C(=O)N[C@@H](CC(=O)O)C(=O)N[C@@H](CCCN=C(N)N)C(=O)O)C(C)C. The Hall–Kier alpha value is -4.48. The predicted molar refractivity (Wildman–Crippen MR) is 152 cm³/mol. The summed E-state index contributed by atoms with van der Waals surface area (Å²) in [5.74, 6) is -8.83. The molecule has 4 amide bonds. The Morgan fingerprint density at radius 3 is 1.67 bits per heavy atom. The molecule has 0 saturated heterocycles. The van der Waals surface area contributed by atoms with Gasteiger partial charge >= 0.3 is 17.9 Å².